The molecular weight excluding hydrogens is 242 g/mol. The van der Waals surface area contributed by atoms with Crippen molar-refractivity contribution in [3.8, 4) is 5.75 Å². The highest BCUT2D eigenvalue weighted by Crippen LogP contribution is 2.13. The maximum absolute atomic E-state index is 11.7. The van der Waals surface area contributed by atoms with Crippen LogP contribution >= 0.6 is 0 Å². The smallest absolute Gasteiger partial charge is 0.263 e. The molecule has 0 saturated heterocycles. The van der Waals surface area contributed by atoms with E-state index in [0.717, 1.165) is 17.5 Å². The highest BCUT2D eigenvalue weighted by Gasteiger charge is 2.08. The van der Waals surface area contributed by atoms with E-state index in [0.29, 0.717) is 11.6 Å². The van der Waals surface area contributed by atoms with Crippen molar-refractivity contribution in [1.82, 2.24) is 10.2 Å². The number of nitrogens with zero attached hydrogens (tertiary/aromatic N) is 1. The predicted octanol–water partition coefficient (Wildman–Crippen LogP) is 2.30. The molecule has 5 nitrogen and oxygen atoms in total. The van der Waals surface area contributed by atoms with Crippen molar-refractivity contribution in [3.63, 3.8) is 0 Å². The lowest BCUT2D eigenvalue weighted by Crippen LogP contribution is -2.21. The van der Waals surface area contributed by atoms with Crippen LogP contribution in [0.2, 0.25) is 0 Å². The zero-order valence-corrected chi connectivity index (χ0v) is 11.1. The summed E-state index contributed by atoms with van der Waals surface area (Å²) >= 11 is 0. The molecule has 0 aliphatic rings. The van der Waals surface area contributed by atoms with Gasteiger partial charge in [0.05, 0.1) is 6.20 Å². The molecule has 0 bridgehead atoms. The third-order valence-electron chi connectivity index (χ3n) is 2.75. The van der Waals surface area contributed by atoms with Gasteiger partial charge in [-0.3, -0.25) is 9.89 Å². The average Bonchev–Trinajstić information content (AvgIpc) is 2.85. The fourth-order valence-electron chi connectivity index (χ4n) is 1.65. The van der Waals surface area contributed by atoms with Gasteiger partial charge in [0.25, 0.3) is 5.91 Å². The molecule has 0 saturated carbocycles. The molecule has 2 N–H and O–H groups in total. The third-order valence-corrected chi connectivity index (χ3v) is 2.75. The number of carbonyl (C=O) groups is 1. The average molecular weight is 259 g/mol. The quantitative estimate of drug-likeness (QED) is 0.865. The topological polar surface area (TPSA) is 67.0 Å². The second-order valence-corrected chi connectivity index (χ2v) is 4.27. The Kier molecular flexibility index (Phi) is 4.18. The first-order valence-electron chi connectivity index (χ1n) is 6.20. The van der Waals surface area contributed by atoms with Crippen LogP contribution in [0.1, 0.15) is 18.1 Å². The zero-order chi connectivity index (χ0) is 13.7. The van der Waals surface area contributed by atoms with Crippen LogP contribution in [-0.4, -0.2) is 22.7 Å². The Labute approximate surface area is 112 Å². The first-order chi connectivity index (χ1) is 9.19. The molecule has 19 heavy (non-hydrogen) atoms. The van der Waals surface area contributed by atoms with E-state index < -0.39 is 0 Å². The molecule has 100 valence electrons. The van der Waals surface area contributed by atoms with Crippen molar-refractivity contribution in [2.45, 2.75) is 20.3 Å². The van der Waals surface area contributed by atoms with Gasteiger partial charge in [-0.2, -0.15) is 5.10 Å². The summed E-state index contributed by atoms with van der Waals surface area (Å²) in [6.07, 6.45) is 2.52. The number of aryl methyl sites for hydroxylation is 2. The number of hydrogen-bond acceptors (Lipinski definition) is 3. The fourth-order valence-corrected chi connectivity index (χ4v) is 1.65. The van der Waals surface area contributed by atoms with E-state index in [2.05, 4.69) is 15.5 Å². The number of hydrogen-bond donors (Lipinski definition) is 2. The monoisotopic (exact) mass is 259 g/mol. The fraction of sp³-hybridized carbons (Fsp3) is 0.286. The largest absolute Gasteiger partial charge is 0.484 e. The summed E-state index contributed by atoms with van der Waals surface area (Å²) in [4.78, 5) is 11.7. The van der Waals surface area contributed by atoms with Crippen LogP contribution in [0, 0.1) is 6.92 Å². The maximum atomic E-state index is 11.7. The minimum absolute atomic E-state index is 0.0226. The summed E-state index contributed by atoms with van der Waals surface area (Å²) < 4.78 is 5.40. The molecule has 1 aromatic heterocycles. The normalized spacial score (nSPS) is 10.2. The van der Waals surface area contributed by atoms with Crippen LogP contribution in [0.3, 0.4) is 0 Å². The molecule has 5 heteroatoms. The Bertz CT molecular complexity index is 546. The summed E-state index contributed by atoms with van der Waals surface area (Å²) in [6, 6.07) is 7.57. The van der Waals surface area contributed by atoms with Crippen LogP contribution < -0.4 is 10.1 Å². The minimum atomic E-state index is -0.209. The van der Waals surface area contributed by atoms with Gasteiger partial charge in [0, 0.05) is 5.56 Å². The number of carbonyl (C=O) groups excluding carboxylic acids is 1. The van der Waals surface area contributed by atoms with Gasteiger partial charge in [-0.05, 0) is 25.5 Å². The lowest BCUT2D eigenvalue weighted by Gasteiger charge is -2.07. The van der Waals surface area contributed by atoms with E-state index in [1.165, 1.54) is 0 Å². The van der Waals surface area contributed by atoms with E-state index in [4.69, 9.17) is 4.74 Å². The van der Waals surface area contributed by atoms with Crippen LogP contribution in [0.25, 0.3) is 0 Å². The highest BCUT2D eigenvalue weighted by atomic mass is 16.5. The second kappa shape index (κ2) is 6.04. The zero-order valence-electron chi connectivity index (χ0n) is 11.1. The molecular formula is C14H17N3O2. The van der Waals surface area contributed by atoms with Crippen LogP contribution in [0.15, 0.2) is 30.5 Å². The molecule has 0 radical (unpaired) electrons. The summed E-state index contributed by atoms with van der Waals surface area (Å²) in [5.41, 5.74) is 2.13. The number of amides is 1. The van der Waals surface area contributed by atoms with Crippen molar-refractivity contribution in [2.75, 3.05) is 11.9 Å². The van der Waals surface area contributed by atoms with Gasteiger partial charge in [0.1, 0.15) is 11.6 Å². The van der Waals surface area contributed by atoms with Crippen molar-refractivity contribution in [3.05, 3.63) is 41.6 Å². The second-order valence-electron chi connectivity index (χ2n) is 4.27. The number of benzene rings is 1. The Morgan fingerprint density at radius 1 is 1.37 bits per heavy atom. The number of nitrogens with one attached hydrogen (secondary N) is 2. The number of anilines is 1. The molecule has 1 heterocycles. The number of aromatic nitrogens is 2. The van der Waals surface area contributed by atoms with E-state index in [9.17, 15) is 4.79 Å². The molecule has 1 amide bonds. The minimum Gasteiger partial charge on any atom is -0.484 e. The van der Waals surface area contributed by atoms with Crippen molar-refractivity contribution in [2.24, 2.45) is 0 Å². The molecule has 1 aromatic carbocycles. The molecule has 0 atom stereocenters. The molecule has 0 spiro atoms. The SMILES string of the molecule is CCc1cn[nH]c1NC(=O)COc1ccc(C)cc1. The molecule has 0 aliphatic carbocycles. The lowest BCUT2D eigenvalue weighted by atomic mass is 10.2. The maximum Gasteiger partial charge on any atom is 0.263 e. The Morgan fingerprint density at radius 3 is 2.79 bits per heavy atom. The van der Waals surface area contributed by atoms with Gasteiger partial charge < -0.3 is 10.1 Å². The van der Waals surface area contributed by atoms with Gasteiger partial charge >= 0.3 is 0 Å². The Balaban J connectivity index is 1.86. The number of rotatable bonds is 5. The van der Waals surface area contributed by atoms with Gasteiger partial charge in [-0.15, -0.1) is 0 Å². The van der Waals surface area contributed by atoms with Crippen LogP contribution in [-0.2, 0) is 11.2 Å². The summed E-state index contributed by atoms with van der Waals surface area (Å²) in [5, 5.41) is 9.39. The van der Waals surface area contributed by atoms with Gasteiger partial charge in [-0.1, -0.05) is 24.6 Å². The molecule has 0 aliphatic heterocycles. The van der Waals surface area contributed by atoms with Crippen molar-refractivity contribution < 1.29 is 9.53 Å². The van der Waals surface area contributed by atoms with E-state index in [1.807, 2.05) is 38.1 Å². The Hall–Kier alpha value is -2.30. The Morgan fingerprint density at radius 2 is 2.11 bits per heavy atom. The van der Waals surface area contributed by atoms with E-state index >= 15 is 0 Å². The van der Waals surface area contributed by atoms with Crippen molar-refractivity contribution >= 4 is 11.7 Å². The summed E-state index contributed by atoms with van der Waals surface area (Å²) in [7, 11) is 0. The van der Waals surface area contributed by atoms with E-state index in [1.54, 1.807) is 6.20 Å². The molecule has 2 rings (SSSR count). The summed E-state index contributed by atoms with van der Waals surface area (Å²) in [6.45, 7) is 3.98. The number of H-pyrrole nitrogens is 1. The molecule has 2 aromatic rings. The van der Waals surface area contributed by atoms with Gasteiger partial charge in [0.15, 0.2) is 6.61 Å². The van der Waals surface area contributed by atoms with E-state index in [-0.39, 0.29) is 12.5 Å². The third kappa shape index (κ3) is 3.58. The molecule has 0 fully saturated rings. The van der Waals surface area contributed by atoms with Gasteiger partial charge in [0.2, 0.25) is 0 Å². The number of aromatic amines is 1. The lowest BCUT2D eigenvalue weighted by molar-refractivity contribution is -0.118. The first-order valence-corrected chi connectivity index (χ1v) is 6.20. The first kappa shape index (κ1) is 13.1. The van der Waals surface area contributed by atoms with Crippen LogP contribution in [0.4, 0.5) is 5.82 Å². The predicted molar refractivity (Wildman–Crippen MR) is 73.3 cm³/mol. The van der Waals surface area contributed by atoms with Gasteiger partial charge in [-0.25, -0.2) is 0 Å². The van der Waals surface area contributed by atoms with Crippen molar-refractivity contribution in [1.29, 1.82) is 0 Å². The molecule has 0 unspecified atom stereocenters. The highest BCUT2D eigenvalue weighted by molar-refractivity contribution is 5.91. The number of ether oxygens (including phenoxy) is 1. The standard InChI is InChI=1S/C14H17N3O2/c1-3-11-8-15-17-14(11)16-13(18)9-19-12-6-4-10(2)5-7-12/h4-8H,3,9H2,1-2H3,(H2,15,16,17,18). The summed E-state index contributed by atoms with van der Waals surface area (Å²) in [5.74, 6) is 1.11. The van der Waals surface area contributed by atoms with Crippen LogP contribution in [0.5, 0.6) is 5.75 Å².